The normalized spacial score (nSPS) is 18.0. The number of carbonyl (C=O) groups excluding carboxylic acids is 1. The monoisotopic (exact) mass is 280 g/mol. The average molecular weight is 281 g/mol. The van der Waals surface area contributed by atoms with Crippen LogP contribution in [0.4, 0.5) is 0 Å². The van der Waals surface area contributed by atoms with Gasteiger partial charge in [-0.15, -0.1) is 0 Å². The number of amides is 1. The number of halogens is 1. The topological polar surface area (TPSA) is 41.1 Å². The zero-order valence-electron chi connectivity index (χ0n) is 11.3. The number of rotatable bonds is 4. The van der Waals surface area contributed by atoms with E-state index in [9.17, 15) is 4.79 Å². The van der Waals surface area contributed by atoms with Crippen molar-refractivity contribution < 1.29 is 4.79 Å². The highest BCUT2D eigenvalue weighted by Gasteiger charge is 2.18. The molecule has 3 nitrogen and oxygen atoms in total. The van der Waals surface area contributed by atoms with Crippen LogP contribution in [0.1, 0.15) is 37.8 Å². The highest BCUT2D eigenvalue weighted by atomic mass is 35.5. The second-order valence-electron chi connectivity index (χ2n) is 5.21. The highest BCUT2D eigenvalue weighted by molar-refractivity contribution is 6.31. The molecule has 0 bridgehead atoms. The second-order valence-corrected chi connectivity index (χ2v) is 5.62. The van der Waals surface area contributed by atoms with Crippen LogP contribution in [0, 0.1) is 5.92 Å². The molecule has 1 saturated heterocycles. The molecular weight excluding hydrogens is 260 g/mol. The van der Waals surface area contributed by atoms with Gasteiger partial charge in [0.25, 0.3) is 0 Å². The summed E-state index contributed by atoms with van der Waals surface area (Å²) in [5, 5.41) is 7.06. The molecule has 1 amide bonds. The molecule has 2 N–H and O–H groups in total. The first-order valence-electron chi connectivity index (χ1n) is 6.91. The van der Waals surface area contributed by atoms with E-state index in [2.05, 4.69) is 10.6 Å². The minimum Gasteiger partial charge on any atom is -0.350 e. The molecule has 1 heterocycles. The van der Waals surface area contributed by atoms with Crippen molar-refractivity contribution in [3.8, 4) is 0 Å². The fourth-order valence-corrected chi connectivity index (χ4v) is 2.85. The smallest absolute Gasteiger partial charge is 0.220 e. The van der Waals surface area contributed by atoms with Gasteiger partial charge >= 0.3 is 0 Å². The third-order valence-corrected chi connectivity index (χ3v) is 4.03. The van der Waals surface area contributed by atoms with Gasteiger partial charge in [0.15, 0.2) is 0 Å². The first-order chi connectivity index (χ1) is 9.16. The standard InChI is InChI=1S/C15H21ClN2O/c1-11(13-4-2-3-5-14(13)16)18-15(19)10-12-6-8-17-9-7-12/h2-5,11-12,17H,6-10H2,1H3,(H,18,19)/t11-/m1/s1. The summed E-state index contributed by atoms with van der Waals surface area (Å²) in [4.78, 5) is 12.0. The highest BCUT2D eigenvalue weighted by Crippen LogP contribution is 2.23. The Bertz CT molecular complexity index is 430. The first kappa shape index (κ1) is 14.4. The molecule has 1 fully saturated rings. The van der Waals surface area contributed by atoms with Crippen LogP contribution in [0.15, 0.2) is 24.3 Å². The number of piperidine rings is 1. The lowest BCUT2D eigenvalue weighted by atomic mass is 9.94. The quantitative estimate of drug-likeness (QED) is 0.890. The Morgan fingerprint density at radius 3 is 2.79 bits per heavy atom. The van der Waals surface area contributed by atoms with Crippen LogP contribution in [0.25, 0.3) is 0 Å². The van der Waals surface area contributed by atoms with Gasteiger partial charge in [0.05, 0.1) is 6.04 Å². The fourth-order valence-electron chi connectivity index (χ4n) is 2.55. The molecule has 1 aromatic rings. The van der Waals surface area contributed by atoms with Crippen LogP contribution in [-0.4, -0.2) is 19.0 Å². The molecule has 0 aromatic heterocycles. The van der Waals surface area contributed by atoms with Crippen molar-refractivity contribution in [1.29, 1.82) is 0 Å². The molecule has 104 valence electrons. The van der Waals surface area contributed by atoms with Gasteiger partial charge < -0.3 is 10.6 Å². The average Bonchev–Trinajstić information content (AvgIpc) is 2.40. The Hall–Kier alpha value is -1.06. The zero-order chi connectivity index (χ0) is 13.7. The second kappa shape index (κ2) is 6.92. The molecule has 0 aliphatic carbocycles. The van der Waals surface area contributed by atoms with Crippen molar-refractivity contribution in [2.75, 3.05) is 13.1 Å². The van der Waals surface area contributed by atoms with Crippen LogP contribution < -0.4 is 10.6 Å². The zero-order valence-corrected chi connectivity index (χ0v) is 12.0. The molecular formula is C15H21ClN2O. The Morgan fingerprint density at radius 2 is 2.11 bits per heavy atom. The van der Waals surface area contributed by atoms with Gasteiger partial charge in [0.2, 0.25) is 5.91 Å². The van der Waals surface area contributed by atoms with Crippen LogP contribution in [0.3, 0.4) is 0 Å². The Balaban J connectivity index is 1.86. The van der Waals surface area contributed by atoms with Gasteiger partial charge in [0.1, 0.15) is 0 Å². The summed E-state index contributed by atoms with van der Waals surface area (Å²) in [6.45, 7) is 4.03. The number of hydrogen-bond donors (Lipinski definition) is 2. The summed E-state index contributed by atoms with van der Waals surface area (Å²) in [5.74, 6) is 0.638. The minimum absolute atomic E-state index is 0.0390. The lowest BCUT2D eigenvalue weighted by molar-refractivity contribution is -0.122. The molecule has 1 aliphatic heterocycles. The van der Waals surface area contributed by atoms with Gasteiger partial charge in [-0.25, -0.2) is 0 Å². The van der Waals surface area contributed by atoms with E-state index in [0.29, 0.717) is 17.4 Å². The Morgan fingerprint density at radius 1 is 1.42 bits per heavy atom. The fraction of sp³-hybridized carbons (Fsp3) is 0.533. The molecule has 1 aliphatic rings. The first-order valence-corrected chi connectivity index (χ1v) is 7.29. The van der Waals surface area contributed by atoms with Crippen LogP contribution in [0.5, 0.6) is 0 Å². The molecule has 0 radical (unpaired) electrons. The van der Waals surface area contributed by atoms with Gasteiger partial charge in [0, 0.05) is 11.4 Å². The lowest BCUT2D eigenvalue weighted by Gasteiger charge is -2.23. The number of hydrogen-bond acceptors (Lipinski definition) is 2. The molecule has 2 rings (SSSR count). The van der Waals surface area contributed by atoms with E-state index in [1.165, 1.54) is 0 Å². The van der Waals surface area contributed by atoms with Gasteiger partial charge in [-0.2, -0.15) is 0 Å². The number of nitrogens with one attached hydrogen (secondary N) is 2. The Labute approximate surface area is 119 Å². The third kappa shape index (κ3) is 4.22. The summed E-state index contributed by atoms with van der Waals surface area (Å²) in [6.07, 6.45) is 2.80. The van der Waals surface area contributed by atoms with Crippen molar-refractivity contribution in [2.45, 2.75) is 32.2 Å². The van der Waals surface area contributed by atoms with Crippen LogP contribution >= 0.6 is 11.6 Å². The van der Waals surface area contributed by atoms with Crippen molar-refractivity contribution in [2.24, 2.45) is 5.92 Å². The Kier molecular flexibility index (Phi) is 5.23. The molecule has 0 saturated carbocycles. The molecule has 1 atom stereocenters. The maximum atomic E-state index is 12.0. The molecule has 19 heavy (non-hydrogen) atoms. The number of carbonyl (C=O) groups is 1. The maximum Gasteiger partial charge on any atom is 0.220 e. The summed E-state index contributed by atoms with van der Waals surface area (Å²) in [7, 11) is 0. The van der Waals surface area contributed by atoms with E-state index in [0.717, 1.165) is 31.5 Å². The molecule has 0 unspecified atom stereocenters. The van der Waals surface area contributed by atoms with Crippen molar-refractivity contribution >= 4 is 17.5 Å². The van der Waals surface area contributed by atoms with Gasteiger partial charge in [-0.05, 0) is 50.4 Å². The summed E-state index contributed by atoms with van der Waals surface area (Å²) >= 11 is 6.13. The third-order valence-electron chi connectivity index (χ3n) is 3.68. The minimum atomic E-state index is -0.0390. The predicted molar refractivity (Wildman–Crippen MR) is 78.2 cm³/mol. The van der Waals surface area contributed by atoms with Crippen molar-refractivity contribution in [3.63, 3.8) is 0 Å². The molecule has 1 aromatic carbocycles. The van der Waals surface area contributed by atoms with Crippen molar-refractivity contribution in [1.82, 2.24) is 10.6 Å². The van der Waals surface area contributed by atoms with Gasteiger partial charge in [-0.3, -0.25) is 4.79 Å². The van der Waals surface area contributed by atoms with E-state index in [4.69, 9.17) is 11.6 Å². The summed E-state index contributed by atoms with van der Waals surface area (Å²) < 4.78 is 0. The van der Waals surface area contributed by atoms with Crippen LogP contribution in [0.2, 0.25) is 5.02 Å². The molecule has 4 heteroatoms. The van der Waals surface area contributed by atoms with Gasteiger partial charge in [-0.1, -0.05) is 29.8 Å². The summed E-state index contributed by atoms with van der Waals surface area (Å²) in [5.41, 5.74) is 0.975. The van der Waals surface area contributed by atoms with E-state index < -0.39 is 0 Å². The predicted octanol–water partition coefficient (Wildman–Crippen LogP) is 2.91. The maximum absolute atomic E-state index is 12.0. The lowest BCUT2D eigenvalue weighted by Crippen LogP contribution is -2.33. The molecule has 0 spiro atoms. The summed E-state index contributed by atoms with van der Waals surface area (Å²) in [6, 6.07) is 7.61. The van der Waals surface area contributed by atoms with Crippen molar-refractivity contribution in [3.05, 3.63) is 34.9 Å². The van der Waals surface area contributed by atoms with Crippen LogP contribution in [-0.2, 0) is 4.79 Å². The largest absolute Gasteiger partial charge is 0.350 e. The number of benzene rings is 1. The van der Waals surface area contributed by atoms with E-state index in [1.807, 2.05) is 31.2 Å². The van der Waals surface area contributed by atoms with E-state index >= 15 is 0 Å². The SMILES string of the molecule is C[C@@H](NC(=O)CC1CCNCC1)c1ccccc1Cl. The van der Waals surface area contributed by atoms with E-state index in [1.54, 1.807) is 0 Å². The van der Waals surface area contributed by atoms with E-state index in [-0.39, 0.29) is 11.9 Å².